The molecule has 0 amide bonds. The number of hydrogen-bond donors (Lipinski definition) is 1. The van der Waals surface area contributed by atoms with E-state index in [1.54, 1.807) is 11.8 Å². The highest BCUT2D eigenvalue weighted by atomic mass is 32.2. The van der Waals surface area contributed by atoms with Crippen molar-refractivity contribution in [2.24, 2.45) is 0 Å². The van der Waals surface area contributed by atoms with Gasteiger partial charge in [0.15, 0.2) is 0 Å². The van der Waals surface area contributed by atoms with Gasteiger partial charge >= 0.3 is 0 Å². The summed E-state index contributed by atoms with van der Waals surface area (Å²) in [5.41, 5.74) is 8.13. The predicted octanol–water partition coefficient (Wildman–Crippen LogP) is 3.08. The molecule has 1 aromatic heterocycles. The zero-order valence-corrected chi connectivity index (χ0v) is 10.8. The van der Waals surface area contributed by atoms with E-state index < -0.39 is 0 Å². The first-order valence-electron chi connectivity index (χ1n) is 5.54. The van der Waals surface area contributed by atoms with Crippen molar-refractivity contribution in [3.05, 3.63) is 41.7 Å². The summed E-state index contributed by atoms with van der Waals surface area (Å²) in [6, 6.07) is 8.38. The Balaban J connectivity index is 2.29. The fourth-order valence-corrected chi connectivity index (χ4v) is 2.51. The molecular formula is C13H15N3S. The second-order valence-electron chi connectivity index (χ2n) is 3.81. The Kier molecular flexibility index (Phi) is 3.64. The van der Waals surface area contributed by atoms with E-state index in [9.17, 15) is 0 Å². The predicted molar refractivity (Wildman–Crippen MR) is 71.1 cm³/mol. The lowest BCUT2D eigenvalue weighted by molar-refractivity contribution is 0.953. The number of aryl methyl sites for hydroxylation is 1. The minimum Gasteiger partial charge on any atom is -0.383 e. The summed E-state index contributed by atoms with van der Waals surface area (Å²) in [5, 5.41) is 0.948. The second-order valence-corrected chi connectivity index (χ2v) is 4.87. The number of nitrogens with zero attached hydrogens (tertiary/aromatic N) is 2. The van der Waals surface area contributed by atoms with Crippen LogP contribution in [0.4, 0.5) is 5.82 Å². The van der Waals surface area contributed by atoms with Crippen LogP contribution < -0.4 is 5.73 Å². The van der Waals surface area contributed by atoms with Crippen LogP contribution in [0.15, 0.2) is 40.5 Å². The molecular weight excluding hydrogens is 230 g/mol. The Morgan fingerprint density at radius 2 is 1.88 bits per heavy atom. The molecule has 0 atom stereocenters. The Bertz CT molecular complexity index is 509. The number of nitrogen functional groups attached to an aromatic ring is 1. The molecule has 0 aliphatic rings. The number of hydrogen-bond acceptors (Lipinski definition) is 4. The summed E-state index contributed by atoms with van der Waals surface area (Å²) in [6.07, 6.45) is 2.37. The Morgan fingerprint density at radius 3 is 2.53 bits per heavy atom. The third-order valence-corrected chi connectivity index (χ3v) is 3.58. The van der Waals surface area contributed by atoms with E-state index in [2.05, 4.69) is 48.1 Å². The van der Waals surface area contributed by atoms with E-state index in [0.29, 0.717) is 5.82 Å². The van der Waals surface area contributed by atoms with Gasteiger partial charge in [0.1, 0.15) is 17.2 Å². The van der Waals surface area contributed by atoms with E-state index in [1.165, 1.54) is 16.8 Å². The molecule has 0 aliphatic carbocycles. The normalized spacial score (nSPS) is 10.5. The highest BCUT2D eigenvalue weighted by molar-refractivity contribution is 7.99. The van der Waals surface area contributed by atoms with Crippen molar-refractivity contribution in [2.75, 3.05) is 5.73 Å². The highest BCUT2D eigenvalue weighted by Gasteiger charge is 2.08. The average Bonchev–Trinajstić information content (AvgIpc) is 2.32. The maximum atomic E-state index is 5.85. The molecule has 1 aromatic carbocycles. The minimum absolute atomic E-state index is 0.581. The second kappa shape index (κ2) is 5.19. The summed E-state index contributed by atoms with van der Waals surface area (Å²) in [6.45, 7) is 4.14. The number of rotatable bonds is 3. The van der Waals surface area contributed by atoms with Gasteiger partial charge in [-0.25, -0.2) is 9.97 Å². The number of benzene rings is 1. The average molecular weight is 245 g/mol. The van der Waals surface area contributed by atoms with Gasteiger partial charge in [-0.05, 0) is 25.5 Å². The van der Waals surface area contributed by atoms with Gasteiger partial charge in [0, 0.05) is 10.5 Å². The third kappa shape index (κ3) is 2.77. The van der Waals surface area contributed by atoms with Crippen molar-refractivity contribution in [3.8, 4) is 0 Å². The van der Waals surface area contributed by atoms with Gasteiger partial charge in [0.05, 0.1) is 0 Å². The van der Waals surface area contributed by atoms with Gasteiger partial charge in [-0.15, -0.1) is 0 Å². The van der Waals surface area contributed by atoms with E-state index in [1.807, 2.05) is 0 Å². The van der Waals surface area contributed by atoms with Crippen molar-refractivity contribution < 1.29 is 0 Å². The third-order valence-electron chi connectivity index (χ3n) is 2.53. The molecule has 0 saturated carbocycles. The van der Waals surface area contributed by atoms with Crippen LogP contribution in [-0.4, -0.2) is 9.97 Å². The molecule has 0 saturated heterocycles. The SMILES string of the molecule is CCc1c(N)ncnc1Sc1ccc(C)cc1. The largest absolute Gasteiger partial charge is 0.383 e. The van der Waals surface area contributed by atoms with Crippen LogP contribution in [-0.2, 0) is 6.42 Å². The lowest BCUT2D eigenvalue weighted by Crippen LogP contribution is -2.00. The standard InChI is InChI=1S/C13H15N3S/c1-3-11-12(14)15-8-16-13(11)17-10-6-4-9(2)5-7-10/h4-8H,3H2,1-2H3,(H2,14,15,16). The molecule has 0 radical (unpaired) electrons. The maximum absolute atomic E-state index is 5.85. The topological polar surface area (TPSA) is 51.8 Å². The van der Waals surface area contributed by atoms with E-state index in [4.69, 9.17) is 5.73 Å². The number of nitrogens with two attached hydrogens (primary N) is 1. The molecule has 88 valence electrons. The summed E-state index contributed by atoms with van der Waals surface area (Å²) >= 11 is 1.63. The fourth-order valence-electron chi connectivity index (χ4n) is 1.55. The van der Waals surface area contributed by atoms with Gasteiger partial charge in [0.2, 0.25) is 0 Å². The van der Waals surface area contributed by atoms with E-state index in [-0.39, 0.29) is 0 Å². The maximum Gasteiger partial charge on any atom is 0.131 e. The Morgan fingerprint density at radius 1 is 1.18 bits per heavy atom. The van der Waals surface area contributed by atoms with Gasteiger partial charge in [0.25, 0.3) is 0 Å². The summed E-state index contributed by atoms with van der Waals surface area (Å²) in [4.78, 5) is 9.49. The first-order valence-corrected chi connectivity index (χ1v) is 6.36. The fraction of sp³-hybridized carbons (Fsp3) is 0.231. The molecule has 2 rings (SSSR count). The van der Waals surface area contributed by atoms with Gasteiger partial charge < -0.3 is 5.73 Å². The molecule has 0 aliphatic heterocycles. The minimum atomic E-state index is 0.581. The lowest BCUT2D eigenvalue weighted by Gasteiger charge is -2.08. The Hall–Kier alpha value is -1.55. The van der Waals surface area contributed by atoms with Crippen LogP contribution in [0.1, 0.15) is 18.1 Å². The molecule has 17 heavy (non-hydrogen) atoms. The molecule has 2 N–H and O–H groups in total. The summed E-state index contributed by atoms with van der Waals surface area (Å²) in [7, 11) is 0. The van der Waals surface area contributed by atoms with Crippen LogP contribution in [0, 0.1) is 6.92 Å². The molecule has 0 unspecified atom stereocenters. The number of anilines is 1. The zero-order valence-electron chi connectivity index (χ0n) is 9.97. The molecule has 0 spiro atoms. The molecule has 2 aromatic rings. The van der Waals surface area contributed by atoms with Crippen LogP contribution >= 0.6 is 11.8 Å². The van der Waals surface area contributed by atoms with Crippen LogP contribution in [0.2, 0.25) is 0 Å². The van der Waals surface area contributed by atoms with Gasteiger partial charge in [-0.3, -0.25) is 0 Å². The van der Waals surface area contributed by atoms with Gasteiger partial charge in [-0.1, -0.05) is 36.4 Å². The molecule has 1 heterocycles. The zero-order chi connectivity index (χ0) is 12.3. The van der Waals surface area contributed by atoms with Crippen LogP contribution in [0.25, 0.3) is 0 Å². The first kappa shape index (κ1) is 11.9. The van der Waals surface area contributed by atoms with E-state index in [0.717, 1.165) is 17.0 Å². The number of aromatic nitrogens is 2. The highest BCUT2D eigenvalue weighted by Crippen LogP contribution is 2.30. The first-order chi connectivity index (χ1) is 8.20. The van der Waals surface area contributed by atoms with Gasteiger partial charge in [-0.2, -0.15) is 0 Å². The van der Waals surface area contributed by atoms with Crippen molar-refractivity contribution >= 4 is 17.6 Å². The quantitative estimate of drug-likeness (QED) is 0.844. The van der Waals surface area contributed by atoms with Crippen molar-refractivity contribution in [2.45, 2.75) is 30.2 Å². The molecule has 0 bridgehead atoms. The Labute approximate surface area is 105 Å². The lowest BCUT2D eigenvalue weighted by atomic mass is 10.2. The molecule has 4 heteroatoms. The molecule has 0 fully saturated rings. The van der Waals surface area contributed by atoms with Crippen molar-refractivity contribution in [1.82, 2.24) is 9.97 Å². The summed E-state index contributed by atoms with van der Waals surface area (Å²) < 4.78 is 0. The van der Waals surface area contributed by atoms with Crippen LogP contribution in [0.5, 0.6) is 0 Å². The smallest absolute Gasteiger partial charge is 0.131 e. The van der Waals surface area contributed by atoms with Crippen molar-refractivity contribution in [3.63, 3.8) is 0 Å². The summed E-state index contributed by atoms with van der Waals surface area (Å²) in [5.74, 6) is 0.581. The molecule has 3 nitrogen and oxygen atoms in total. The monoisotopic (exact) mass is 245 g/mol. The van der Waals surface area contributed by atoms with Crippen molar-refractivity contribution in [1.29, 1.82) is 0 Å². The van der Waals surface area contributed by atoms with Crippen LogP contribution in [0.3, 0.4) is 0 Å². The van der Waals surface area contributed by atoms with E-state index >= 15 is 0 Å².